The van der Waals surface area contributed by atoms with E-state index in [2.05, 4.69) is 10.3 Å². The van der Waals surface area contributed by atoms with Gasteiger partial charge in [0.05, 0.1) is 23.0 Å². The average molecular weight is 454 g/mol. The van der Waals surface area contributed by atoms with Crippen LogP contribution in [0, 0.1) is 12.8 Å². The third kappa shape index (κ3) is 3.92. The molecule has 32 heavy (non-hydrogen) atoms. The summed E-state index contributed by atoms with van der Waals surface area (Å²) >= 11 is 1.40. The van der Waals surface area contributed by atoms with E-state index in [0.29, 0.717) is 16.6 Å². The van der Waals surface area contributed by atoms with E-state index < -0.39 is 5.92 Å². The van der Waals surface area contributed by atoms with Gasteiger partial charge in [0.15, 0.2) is 5.16 Å². The van der Waals surface area contributed by atoms with Gasteiger partial charge in [0, 0.05) is 30.8 Å². The molecule has 1 unspecified atom stereocenters. The van der Waals surface area contributed by atoms with Gasteiger partial charge < -0.3 is 5.32 Å². The number of anilines is 1. The second-order valence-electron chi connectivity index (χ2n) is 9.06. The predicted molar refractivity (Wildman–Crippen MR) is 126 cm³/mol. The number of fused-ring (bicyclic) bond motifs is 1. The standard InChI is InChI=1S/C23H27N5O3S/c1-14-19(21(31)28(26(14)5)16-9-7-6-8-10-16)25-20(30)15-12-27-18(29)11-17(23(2,3)4)24-22(27)32-13-15/h6-11,15H,12-13H2,1-5H3,(H,25,30). The van der Waals surface area contributed by atoms with Gasteiger partial charge in [-0.2, -0.15) is 0 Å². The van der Waals surface area contributed by atoms with Crippen molar-refractivity contribution < 1.29 is 4.79 Å². The van der Waals surface area contributed by atoms with Crippen LogP contribution >= 0.6 is 11.8 Å². The normalized spacial score (nSPS) is 16.0. The quantitative estimate of drug-likeness (QED) is 0.616. The van der Waals surface area contributed by atoms with Crippen molar-refractivity contribution in [2.45, 2.75) is 44.8 Å². The van der Waals surface area contributed by atoms with Crippen LogP contribution in [0.3, 0.4) is 0 Å². The third-order valence-electron chi connectivity index (χ3n) is 5.73. The minimum absolute atomic E-state index is 0.160. The highest BCUT2D eigenvalue weighted by Gasteiger charge is 2.30. The fourth-order valence-electron chi connectivity index (χ4n) is 3.69. The van der Waals surface area contributed by atoms with E-state index in [0.717, 1.165) is 11.4 Å². The SMILES string of the molecule is Cc1c(NC(=O)C2CSc3nc(C(C)(C)C)cc(=O)n3C2)c(=O)n(-c2ccccc2)n1C. The number of aromatic nitrogens is 4. The highest BCUT2D eigenvalue weighted by Crippen LogP contribution is 2.28. The van der Waals surface area contributed by atoms with E-state index in [1.807, 2.05) is 51.1 Å². The maximum absolute atomic E-state index is 13.1. The van der Waals surface area contributed by atoms with Crippen molar-refractivity contribution in [2.75, 3.05) is 11.1 Å². The topological polar surface area (TPSA) is 90.9 Å². The first kappa shape index (κ1) is 22.1. The molecule has 1 atom stereocenters. The molecule has 1 aliphatic heterocycles. The molecule has 9 heteroatoms. The molecule has 0 radical (unpaired) electrons. The Kier molecular flexibility index (Phi) is 5.62. The van der Waals surface area contributed by atoms with Crippen molar-refractivity contribution in [3.05, 3.63) is 68.5 Å². The van der Waals surface area contributed by atoms with Crippen LogP contribution in [0.1, 0.15) is 32.2 Å². The van der Waals surface area contributed by atoms with Gasteiger partial charge in [-0.1, -0.05) is 50.7 Å². The van der Waals surface area contributed by atoms with Crippen LogP contribution in [-0.2, 0) is 23.8 Å². The number of rotatable bonds is 3. The zero-order valence-electron chi connectivity index (χ0n) is 18.9. The summed E-state index contributed by atoms with van der Waals surface area (Å²) in [6, 6.07) is 10.8. The zero-order valence-corrected chi connectivity index (χ0v) is 19.7. The highest BCUT2D eigenvalue weighted by molar-refractivity contribution is 7.99. The van der Waals surface area contributed by atoms with E-state index in [1.54, 1.807) is 29.3 Å². The number of thioether (sulfide) groups is 1. The number of amides is 1. The molecule has 8 nitrogen and oxygen atoms in total. The minimum Gasteiger partial charge on any atom is -0.320 e. The summed E-state index contributed by atoms with van der Waals surface area (Å²) in [5.74, 6) is -0.234. The van der Waals surface area contributed by atoms with Crippen LogP contribution in [0.5, 0.6) is 0 Å². The summed E-state index contributed by atoms with van der Waals surface area (Å²) < 4.78 is 4.80. The molecule has 0 saturated carbocycles. The van der Waals surface area contributed by atoms with Gasteiger partial charge in [-0.15, -0.1) is 0 Å². The summed E-state index contributed by atoms with van der Waals surface area (Å²) in [6.45, 7) is 8.08. The Morgan fingerprint density at radius 1 is 1.19 bits per heavy atom. The number of hydrogen-bond acceptors (Lipinski definition) is 5. The van der Waals surface area contributed by atoms with Crippen LogP contribution in [0.25, 0.3) is 5.69 Å². The van der Waals surface area contributed by atoms with Gasteiger partial charge in [-0.3, -0.25) is 23.6 Å². The number of nitrogens with zero attached hydrogens (tertiary/aromatic N) is 4. The second kappa shape index (κ2) is 8.12. The molecule has 0 spiro atoms. The lowest BCUT2D eigenvalue weighted by atomic mass is 9.92. The molecule has 0 fully saturated rings. The van der Waals surface area contributed by atoms with Crippen LogP contribution in [0.2, 0.25) is 0 Å². The molecule has 1 amide bonds. The monoisotopic (exact) mass is 453 g/mol. The maximum atomic E-state index is 13.1. The van der Waals surface area contributed by atoms with Crippen molar-refractivity contribution >= 4 is 23.4 Å². The van der Waals surface area contributed by atoms with Crippen LogP contribution < -0.4 is 16.4 Å². The van der Waals surface area contributed by atoms with Crippen molar-refractivity contribution in [1.82, 2.24) is 18.9 Å². The number of carbonyl (C=O) groups is 1. The fourth-order valence-corrected chi connectivity index (χ4v) is 4.78. The number of para-hydroxylation sites is 1. The smallest absolute Gasteiger partial charge is 0.295 e. The Bertz CT molecular complexity index is 1300. The van der Waals surface area contributed by atoms with Crippen LogP contribution in [0.4, 0.5) is 5.69 Å². The predicted octanol–water partition coefficient (Wildman–Crippen LogP) is 2.70. The number of nitrogens with one attached hydrogen (secondary N) is 1. The highest BCUT2D eigenvalue weighted by atomic mass is 32.2. The summed E-state index contributed by atoms with van der Waals surface area (Å²) in [4.78, 5) is 43.5. The summed E-state index contributed by atoms with van der Waals surface area (Å²) in [6.07, 6.45) is 0. The van der Waals surface area contributed by atoms with Crippen molar-refractivity contribution in [3.63, 3.8) is 0 Å². The summed E-state index contributed by atoms with van der Waals surface area (Å²) in [5.41, 5.74) is 1.70. The molecule has 3 aromatic rings. The molecule has 0 saturated heterocycles. The molecule has 3 heterocycles. The molecule has 0 bridgehead atoms. The van der Waals surface area contributed by atoms with Crippen molar-refractivity contribution in [2.24, 2.45) is 13.0 Å². The molecule has 168 valence electrons. The van der Waals surface area contributed by atoms with Gasteiger partial charge in [-0.25, -0.2) is 9.67 Å². The molecule has 0 aliphatic carbocycles. The van der Waals surface area contributed by atoms with Crippen molar-refractivity contribution in [1.29, 1.82) is 0 Å². The van der Waals surface area contributed by atoms with Crippen molar-refractivity contribution in [3.8, 4) is 5.69 Å². The zero-order chi connectivity index (χ0) is 23.2. The maximum Gasteiger partial charge on any atom is 0.295 e. The van der Waals surface area contributed by atoms with Gasteiger partial charge in [-0.05, 0) is 19.1 Å². The van der Waals surface area contributed by atoms with E-state index in [1.165, 1.54) is 16.4 Å². The molecular formula is C23H27N5O3S. The lowest BCUT2D eigenvalue weighted by Crippen LogP contribution is -2.38. The van der Waals surface area contributed by atoms with Gasteiger partial charge >= 0.3 is 0 Å². The summed E-state index contributed by atoms with van der Waals surface area (Å²) in [5, 5.41) is 3.46. The fraction of sp³-hybridized carbons (Fsp3) is 0.391. The molecule has 4 rings (SSSR count). The number of carbonyl (C=O) groups excluding carboxylic acids is 1. The molecule has 1 N–H and O–H groups in total. The summed E-state index contributed by atoms with van der Waals surface area (Å²) in [7, 11) is 1.78. The van der Waals surface area contributed by atoms with E-state index in [9.17, 15) is 14.4 Å². The Balaban J connectivity index is 1.59. The molecule has 1 aliphatic rings. The first-order chi connectivity index (χ1) is 15.1. The van der Waals surface area contributed by atoms with Gasteiger partial charge in [0.2, 0.25) is 5.91 Å². The third-order valence-corrected chi connectivity index (χ3v) is 6.87. The van der Waals surface area contributed by atoms with Gasteiger partial charge in [0.25, 0.3) is 11.1 Å². The molecular weight excluding hydrogens is 426 g/mol. The first-order valence-electron chi connectivity index (χ1n) is 10.5. The van der Waals surface area contributed by atoms with Crippen LogP contribution in [0.15, 0.2) is 51.1 Å². The largest absolute Gasteiger partial charge is 0.320 e. The Hall–Kier alpha value is -3.07. The van der Waals surface area contributed by atoms with Gasteiger partial charge in [0.1, 0.15) is 5.69 Å². The Morgan fingerprint density at radius 3 is 2.53 bits per heavy atom. The van der Waals surface area contributed by atoms with E-state index in [-0.39, 0.29) is 34.7 Å². The minimum atomic E-state index is -0.448. The Labute approximate surface area is 190 Å². The lowest BCUT2D eigenvalue weighted by molar-refractivity contribution is -0.119. The average Bonchev–Trinajstić information content (AvgIpc) is 2.96. The number of hydrogen-bond donors (Lipinski definition) is 1. The van der Waals surface area contributed by atoms with E-state index in [4.69, 9.17) is 0 Å². The van der Waals surface area contributed by atoms with E-state index >= 15 is 0 Å². The molecule has 2 aromatic heterocycles. The number of benzene rings is 1. The first-order valence-corrected chi connectivity index (χ1v) is 11.5. The Morgan fingerprint density at radius 2 is 1.88 bits per heavy atom. The van der Waals surface area contributed by atoms with Crippen LogP contribution in [-0.4, -0.2) is 30.6 Å². The lowest BCUT2D eigenvalue weighted by Gasteiger charge is -2.26. The molecule has 1 aromatic carbocycles. The second-order valence-corrected chi connectivity index (χ2v) is 10.0.